The first kappa shape index (κ1) is 27.2. The Morgan fingerprint density at radius 2 is 1.76 bits per heavy atom. The molecule has 3 atom stereocenters. The van der Waals surface area contributed by atoms with E-state index in [9.17, 15) is 24.2 Å². The second kappa shape index (κ2) is 14.2. The highest BCUT2D eigenvalue weighted by Gasteiger charge is 2.29. The maximum absolute atomic E-state index is 13.1. The lowest BCUT2D eigenvalue weighted by atomic mass is 10.1. The van der Waals surface area contributed by atoms with Crippen LogP contribution >= 0.6 is 0 Å². The van der Waals surface area contributed by atoms with Crippen molar-refractivity contribution in [1.82, 2.24) is 9.80 Å². The molecule has 9 heteroatoms. The summed E-state index contributed by atoms with van der Waals surface area (Å²) in [6, 6.07) is 6.15. The summed E-state index contributed by atoms with van der Waals surface area (Å²) in [7, 11) is 1.43. The summed E-state index contributed by atoms with van der Waals surface area (Å²) in [5.41, 5.74) is 0.905. The Morgan fingerprint density at radius 1 is 1.09 bits per heavy atom. The highest BCUT2D eigenvalue weighted by molar-refractivity contribution is 5.76. The highest BCUT2D eigenvalue weighted by Crippen LogP contribution is 2.12. The Kier molecular flexibility index (Phi) is 11.7. The van der Waals surface area contributed by atoms with Gasteiger partial charge in [0, 0.05) is 53.2 Å². The van der Waals surface area contributed by atoms with Crippen molar-refractivity contribution in [2.45, 2.75) is 57.3 Å². The molecule has 0 unspecified atom stereocenters. The number of benzene rings is 1. The van der Waals surface area contributed by atoms with Gasteiger partial charge in [0.15, 0.2) is 0 Å². The largest absolute Gasteiger partial charge is 0.388 e. The van der Waals surface area contributed by atoms with Gasteiger partial charge in [-0.25, -0.2) is 4.39 Å². The van der Waals surface area contributed by atoms with Crippen molar-refractivity contribution >= 4 is 11.8 Å². The second-order valence-electron chi connectivity index (χ2n) is 8.44. The van der Waals surface area contributed by atoms with E-state index < -0.39 is 18.3 Å². The number of nitrogens with zero attached hydrogens (tertiary/aromatic N) is 2. The number of carbonyl (C=O) groups excluding carboxylic acids is 2. The molecule has 1 heterocycles. The predicted molar refractivity (Wildman–Crippen MR) is 121 cm³/mol. The van der Waals surface area contributed by atoms with E-state index in [1.807, 2.05) is 0 Å². The van der Waals surface area contributed by atoms with Gasteiger partial charge in [-0.15, -0.1) is 0 Å². The maximum Gasteiger partial charge on any atom is 0.222 e. The van der Waals surface area contributed by atoms with Gasteiger partial charge < -0.3 is 29.5 Å². The summed E-state index contributed by atoms with van der Waals surface area (Å²) >= 11 is 0. The lowest BCUT2D eigenvalue weighted by molar-refractivity contribution is -0.136. The fourth-order valence-electron chi connectivity index (χ4n) is 3.85. The van der Waals surface area contributed by atoms with Crippen molar-refractivity contribution in [2.24, 2.45) is 0 Å². The number of rotatable bonds is 4. The van der Waals surface area contributed by atoms with E-state index in [1.54, 1.807) is 21.9 Å². The molecule has 0 aromatic heterocycles. The van der Waals surface area contributed by atoms with E-state index >= 15 is 0 Å². The van der Waals surface area contributed by atoms with Crippen LogP contribution in [0.25, 0.3) is 0 Å². The fourth-order valence-corrected chi connectivity index (χ4v) is 3.85. The van der Waals surface area contributed by atoms with Crippen LogP contribution in [0.2, 0.25) is 0 Å². The van der Waals surface area contributed by atoms with Gasteiger partial charge in [0.2, 0.25) is 11.8 Å². The van der Waals surface area contributed by atoms with E-state index in [4.69, 9.17) is 9.47 Å². The van der Waals surface area contributed by atoms with Gasteiger partial charge in [0.25, 0.3) is 0 Å². The molecule has 2 amide bonds. The van der Waals surface area contributed by atoms with Crippen molar-refractivity contribution in [3.8, 4) is 0 Å². The van der Waals surface area contributed by atoms with E-state index in [1.165, 1.54) is 26.2 Å². The summed E-state index contributed by atoms with van der Waals surface area (Å²) in [5, 5.41) is 20.6. The van der Waals surface area contributed by atoms with Crippen LogP contribution in [-0.2, 0) is 25.5 Å². The minimum atomic E-state index is -1.19. The number of aliphatic hydroxyl groups is 2. The smallest absolute Gasteiger partial charge is 0.222 e. The van der Waals surface area contributed by atoms with E-state index in [0.717, 1.165) is 12.0 Å². The molecule has 1 aliphatic heterocycles. The molecule has 8 nitrogen and oxygen atoms in total. The van der Waals surface area contributed by atoms with Crippen LogP contribution in [-0.4, -0.2) is 96.6 Å². The molecule has 1 aromatic rings. The topological polar surface area (TPSA) is 99.5 Å². The van der Waals surface area contributed by atoms with Crippen LogP contribution in [0, 0.1) is 5.82 Å². The second-order valence-corrected chi connectivity index (χ2v) is 8.44. The molecule has 1 fully saturated rings. The first-order valence-electron chi connectivity index (χ1n) is 11.6. The summed E-state index contributed by atoms with van der Waals surface area (Å²) in [4.78, 5) is 28.4. The van der Waals surface area contributed by atoms with Gasteiger partial charge in [0.05, 0.1) is 6.61 Å². The zero-order valence-corrected chi connectivity index (χ0v) is 19.6. The van der Waals surface area contributed by atoms with Gasteiger partial charge >= 0.3 is 0 Å². The number of carbonyl (C=O) groups is 2. The summed E-state index contributed by atoms with van der Waals surface area (Å²) in [6.07, 6.45) is -0.202. The lowest BCUT2D eigenvalue weighted by Crippen LogP contribution is -2.48. The molecule has 1 aromatic carbocycles. The Morgan fingerprint density at radius 3 is 2.42 bits per heavy atom. The molecule has 1 aliphatic rings. The number of hydrogen-bond donors (Lipinski definition) is 2. The average Bonchev–Trinajstić information content (AvgIpc) is 2.80. The summed E-state index contributed by atoms with van der Waals surface area (Å²) < 4.78 is 23.9. The highest BCUT2D eigenvalue weighted by atomic mass is 19.1. The molecule has 2 N–H and O–H groups in total. The normalized spacial score (nSPS) is 24.1. The van der Waals surface area contributed by atoms with Crippen LogP contribution in [0.5, 0.6) is 0 Å². The summed E-state index contributed by atoms with van der Waals surface area (Å²) in [6.45, 7) is 3.39. The van der Waals surface area contributed by atoms with Crippen molar-refractivity contribution in [2.75, 3.05) is 46.5 Å². The average molecular weight is 469 g/mol. The molecule has 0 aliphatic carbocycles. The Balaban J connectivity index is 2.02. The number of aryl methyl sites for hydroxylation is 1. The van der Waals surface area contributed by atoms with Crippen molar-refractivity contribution in [3.05, 3.63) is 35.6 Å². The third-order valence-electron chi connectivity index (χ3n) is 5.93. The van der Waals surface area contributed by atoms with Crippen molar-refractivity contribution < 1.29 is 33.7 Å². The standard InChI is InChI=1S/C24H37FN2O6/c1-18(28)27-14-5-13-26(23(30)11-8-19-6-9-20(25)10-7-19)12-3-4-15-33-17-21(29)24(31)22(16-27)32-2/h6-7,9-10,21-22,24,29,31H,3-5,8,11-17H2,1-2H3/t21-,22-,24-/m0/s1. The maximum atomic E-state index is 13.1. The molecule has 0 spiro atoms. The van der Waals surface area contributed by atoms with E-state index in [-0.39, 0.29) is 30.8 Å². The predicted octanol–water partition coefficient (Wildman–Crippen LogP) is 1.37. The van der Waals surface area contributed by atoms with Crippen LogP contribution in [0.15, 0.2) is 24.3 Å². The van der Waals surface area contributed by atoms with Crippen molar-refractivity contribution in [1.29, 1.82) is 0 Å². The zero-order chi connectivity index (χ0) is 24.2. The monoisotopic (exact) mass is 468 g/mol. The lowest BCUT2D eigenvalue weighted by Gasteiger charge is -2.31. The Hall–Kier alpha value is -2.07. The van der Waals surface area contributed by atoms with Crippen LogP contribution in [0.3, 0.4) is 0 Å². The van der Waals surface area contributed by atoms with Gasteiger partial charge in [-0.3, -0.25) is 9.59 Å². The quantitative estimate of drug-likeness (QED) is 0.693. The molecular formula is C24H37FN2O6. The molecule has 33 heavy (non-hydrogen) atoms. The fraction of sp³-hybridized carbons (Fsp3) is 0.667. The number of ether oxygens (including phenoxy) is 2. The van der Waals surface area contributed by atoms with E-state index in [0.29, 0.717) is 51.9 Å². The van der Waals surface area contributed by atoms with Gasteiger partial charge in [-0.1, -0.05) is 12.1 Å². The molecule has 2 rings (SSSR count). The van der Waals surface area contributed by atoms with Crippen LogP contribution in [0.4, 0.5) is 4.39 Å². The van der Waals surface area contributed by atoms with Gasteiger partial charge in [-0.05, 0) is 43.4 Å². The number of hydrogen-bond acceptors (Lipinski definition) is 6. The van der Waals surface area contributed by atoms with Crippen molar-refractivity contribution in [3.63, 3.8) is 0 Å². The third-order valence-corrected chi connectivity index (χ3v) is 5.93. The molecular weight excluding hydrogens is 431 g/mol. The molecule has 186 valence electrons. The minimum Gasteiger partial charge on any atom is -0.388 e. The number of methoxy groups -OCH3 is 1. The van der Waals surface area contributed by atoms with Gasteiger partial charge in [0.1, 0.15) is 24.1 Å². The first-order chi connectivity index (χ1) is 15.8. The zero-order valence-electron chi connectivity index (χ0n) is 19.6. The Labute approximate surface area is 195 Å². The Bertz CT molecular complexity index is 732. The molecule has 0 saturated carbocycles. The minimum absolute atomic E-state index is 0.0135. The number of aliphatic hydroxyl groups excluding tert-OH is 2. The summed E-state index contributed by atoms with van der Waals surface area (Å²) in [5.74, 6) is -0.461. The van der Waals surface area contributed by atoms with Crippen LogP contribution in [0.1, 0.15) is 38.2 Å². The number of amides is 2. The SMILES string of the molecule is CO[C@H]1CN(C(C)=O)CCCN(C(=O)CCc2ccc(F)cc2)CCCCOC[C@H](O)[C@@H]1O. The van der Waals surface area contributed by atoms with Gasteiger partial charge in [-0.2, -0.15) is 0 Å². The molecule has 0 radical (unpaired) electrons. The first-order valence-corrected chi connectivity index (χ1v) is 11.6. The van der Waals surface area contributed by atoms with E-state index in [2.05, 4.69) is 0 Å². The van der Waals surface area contributed by atoms with Crippen LogP contribution < -0.4 is 0 Å². The molecule has 0 bridgehead atoms. The molecule has 1 saturated heterocycles. The number of halogens is 1. The third kappa shape index (κ3) is 9.37.